The Morgan fingerprint density at radius 3 is 1.96 bits per heavy atom. The molecule has 0 radical (unpaired) electrons. The number of ether oxygens (including phenoxy) is 2. The summed E-state index contributed by atoms with van der Waals surface area (Å²) in [5.41, 5.74) is -0.375. The smallest absolute Gasteiger partial charge is 0.187 e. The highest BCUT2D eigenvalue weighted by molar-refractivity contribution is 4.91. The molecule has 1 rings (SSSR count). The second-order valence-electron chi connectivity index (χ2n) is 7.87. The van der Waals surface area contributed by atoms with Gasteiger partial charge in [0.15, 0.2) is 6.29 Å². The highest BCUT2D eigenvalue weighted by Crippen LogP contribution is 2.28. The Hall–Kier alpha value is -0.400. The van der Waals surface area contributed by atoms with Crippen molar-refractivity contribution in [3.63, 3.8) is 0 Å². The first-order chi connectivity index (χ1) is 11.9. The van der Waals surface area contributed by atoms with E-state index in [1.54, 1.807) is 0 Å². The second-order valence-corrected chi connectivity index (χ2v) is 7.87. The van der Waals surface area contributed by atoms with Gasteiger partial charge in [0.05, 0.1) is 19.3 Å². The topological polar surface area (TPSA) is 180 Å². The summed E-state index contributed by atoms with van der Waals surface area (Å²) in [7, 11) is 0. The molecule has 0 spiro atoms. The zero-order valence-corrected chi connectivity index (χ0v) is 15.2. The average molecular weight is 384 g/mol. The summed E-state index contributed by atoms with van der Waals surface area (Å²) in [4.78, 5) is 0. The van der Waals surface area contributed by atoms with E-state index in [0.29, 0.717) is 0 Å². The number of hydrogen-bond acceptors (Lipinski definition) is 10. The van der Waals surface area contributed by atoms with Crippen molar-refractivity contribution in [2.75, 3.05) is 13.2 Å². The fraction of sp³-hybridized carbons (Fsp3) is 1.00. The summed E-state index contributed by atoms with van der Waals surface area (Å²) in [5.74, 6) is 0. The molecule has 1 aliphatic heterocycles. The van der Waals surface area contributed by atoms with Gasteiger partial charge in [-0.25, -0.2) is 0 Å². The summed E-state index contributed by atoms with van der Waals surface area (Å²) in [6.45, 7) is 4.03. The monoisotopic (exact) mass is 384 g/mol. The average Bonchev–Trinajstić information content (AvgIpc) is 2.56. The van der Waals surface area contributed by atoms with E-state index < -0.39 is 68.3 Å². The lowest BCUT2D eigenvalue weighted by Crippen LogP contribution is -2.61. The second kappa shape index (κ2) is 9.69. The van der Waals surface area contributed by atoms with E-state index in [1.807, 2.05) is 20.8 Å². The zero-order valence-electron chi connectivity index (χ0n) is 15.2. The molecule has 1 saturated heterocycles. The molecular weight excluding hydrogens is 352 g/mol. The van der Waals surface area contributed by atoms with Crippen LogP contribution in [0.25, 0.3) is 0 Å². The largest absolute Gasteiger partial charge is 0.394 e. The van der Waals surface area contributed by atoms with E-state index in [9.17, 15) is 35.7 Å². The normalized spacial score (nSPS) is 35.0. The van der Waals surface area contributed by atoms with E-state index in [0.717, 1.165) is 0 Å². The first-order valence-electron chi connectivity index (χ1n) is 8.54. The molecule has 0 saturated carbocycles. The van der Waals surface area contributed by atoms with Gasteiger partial charge in [-0.05, 0) is 11.8 Å². The molecule has 10 heteroatoms. The molecule has 26 heavy (non-hydrogen) atoms. The summed E-state index contributed by atoms with van der Waals surface area (Å²) in [6, 6.07) is 0. The summed E-state index contributed by atoms with van der Waals surface area (Å²) in [5, 5.41) is 78.3. The molecule has 0 bridgehead atoms. The highest BCUT2D eigenvalue weighted by atomic mass is 16.7. The van der Waals surface area contributed by atoms with Crippen molar-refractivity contribution < 1.29 is 50.3 Å². The van der Waals surface area contributed by atoms with Crippen molar-refractivity contribution in [1.82, 2.24) is 0 Å². The minimum absolute atomic E-state index is 0.143. The molecule has 0 aliphatic carbocycles. The van der Waals surface area contributed by atoms with Crippen LogP contribution in [-0.2, 0) is 9.47 Å². The molecule has 9 atom stereocenters. The molecule has 1 fully saturated rings. The molecule has 0 aromatic heterocycles. The molecule has 1 heterocycles. The first kappa shape index (κ1) is 23.6. The Labute approximate surface area is 152 Å². The van der Waals surface area contributed by atoms with Crippen LogP contribution in [0, 0.1) is 5.41 Å². The summed E-state index contributed by atoms with van der Waals surface area (Å²) in [6.07, 6.45) is -13.8. The van der Waals surface area contributed by atoms with Crippen LogP contribution >= 0.6 is 0 Å². The van der Waals surface area contributed by atoms with Gasteiger partial charge in [0.1, 0.15) is 42.7 Å². The lowest BCUT2D eigenvalue weighted by molar-refractivity contribution is -0.327. The zero-order chi connectivity index (χ0) is 20.2. The van der Waals surface area contributed by atoms with E-state index >= 15 is 0 Å². The Morgan fingerprint density at radius 2 is 1.50 bits per heavy atom. The standard InChI is InChI=1S/C16H32O10/c1-16(2,3)4-7(19)14(10(21)8(20)5-17)26-15-13(24)12(23)11(22)9(6-18)25-15/h7-15,17-24H,4-6H2,1-3H3/t7-,8+,9+,10+,11+,12-,13+,14+,15-/m0/s1. The maximum absolute atomic E-state index is 10.4. The molecule has 10 nitrogen and oxygen atoms in total. The van der Waals surface area contributed by atoms with E-state index in [4.69, 9.17) is 14.6 Å². The summed E-state index contributed by atoms with van der Waals surface area (Å²) >= 11 is 0. The molecule has 8 N–H and O–H groups in total. The van der Waals surface area contributed by atoms with Crippen LogP contribution in [0.15, 0.2) is 0 Å². The van der Waals surface area contributed by atoms with Gasteiger partial charge in [0.25, 0.3) is 0 Å². The fourth-order valence-electron chi connectivity index (χ4n) is 2.80. The van der Waals surface area contributed by atoms with Gasteiger partial charge in [-0.3, -0.25) is 0 Å². The lowest BCUT2D eigenvalue weighted by Gasteiger charge is -2.42. The molecule has 0 unspecified atom stereocenters. The highest BCUT2D eigenvalue weighted by Gasteiger charge is 2.47. The van der Waals surface area contributed by atoms with Crippen molar-refractivity contribution >= 4 is 0 Å². The van der Waals surface area contributed by atoms with Crippen LogP contribution in [0.3, 0.4) is 0 Å². The van der Waals surface area contributed by atoms with Gasteiger partial charge >= 0.3 is 0 Å². The van der Waals surface area contributed by atoms with Gasteiger partial charge in [-0.1, -0.05) is 20.8 Å². The van der Waals surface area contributed by atoms with Gasteiger partial charge in [0.2, 0.25) is 0 Å². The van der Waals surface area contributed by atoms with Gasteiger partial charge < -0.3 is 50.3 Å². The third-order valence-electron chi connectivity index (χ3n) is 4.26. The van der Waals surface area contributed by atoms with Crippen molar-refractivity contribution in [1.29, 1.82) is 0 Å². The molecule has 0 amide bonds. The van der Waals surface area contributed by atoms with Crippen LogP contribution in [0.1, 0.15) is 27.2 Å². The van der Waals surface area contributed by atoms with Crippen LogP contribution in [-0.4, -0.2) is 109 Å². The van der Waals surface area contributed by atoms with Crippen molar-refractivity contribution in [3.05, 3.63) is 0 Å². The maximum atomic E-state index is 10.4. The number of hydrogen-bond donors (Lipinski definition) is 8. The molecule has 1 aliphatic rings. The first-order valence-corrected chi connectivity index (χ1v) is 8.54. The molecule has 156 valence electrons. The lowest BCUT2D eigenvalue weighted by atomic mass is 9.85. The van der Waals surface area contributed by atoms with E-state index in [1.165, 1.54) is 0 Å². The predicted molar refractivity (Wildman–Crippen MR) is 87.8 cm³/mol. The van der Waals surface area contributed by atoms with Crippen molar-refractivity contribution in [3.8, 4) is 0 Å². The number of rotatable bonds is 8. The molecular formula is C16H32O10. The molecule has 0 aromatic rings. The van der Waals surface area contributed by atoms with E-state index in [-0.39, 0.29) is 11.8 Å². The van der Waals surface area contributed by atoms with Crippen LogP contribution in [0.5, 0.6) is 0 Å². The minimum atomic E-state index is -1.73. The quantitative estimate of drug-likeness (QED) is 0.211. The van der Waals surface area contributed by atoms with E-state index in [2.05, 4.69) is 0 Å². The SMILES string of the molecule is CC(C)(C)C[C@H](O)[C@@H](O[C@@H]1O[C@H](CO)[C@@H](O)[C@H](O)[C@H]1O)[C@H](O)[C@H](O)CO. The third kappa shape index (κ3) is 6.06. The van der Waals surface area contributed by atoms with Crippen LogP contribution in [0.4, 0.5) is 0 Å². The molecule has 0 aromatic carbocycles. The third-order valence-corrected chi connectivity index (χ3v) is 4.26. The Bertz CT molecular complexity index is 412. The van der Waals surface area contributed by atoms with Crippen LogP contribution < -0.4 is 0 Å². The summed E-state index contributed by atoms with van der Waals surface area (Å²) < 4.78 is 10.6. The maximum Gasteiger partial charge on any atom is 0.187 e. The number of aliphatic hydroxyl groups excluding tert-OH is 8. The number of aliphatic hydroxyl groups is 8. The Kier molecular flexibility index (Phi) is 8.81. The Morgan fingerprint density at radius 1 is 0.923 bits per heavy atom. The minimum Gasteiger partial charge on any atom is -0.394 e. The fourth-order valence-corrected chi connectivity index (χ4v) is 2.80. The predicted octanol–water partition coefficient (Wildman–Crippen LogP) is -3.32. The Balaban J connectivity index is 2.99. The van der Waals surface area contributed by atoms with Gasteiger partial charge in [-0.2, -0.15) is 0 Å². The van der Waals surface area contributed by atoms with Crippen LogP contribution in [0.2, 0.25) is 0 Å². The van der Waals surface area contributed by atoms with Crippen molar-refractivity contribution in [2.45, 2.75) is 82.3 Å². The van der Waals surface area contributed by atoms with Crippen molar-refractivity contribution in [2.24, 2.45) is 5.41 Å². The van der Waals surface area contributed by atoms with Gasteiger partial charge in [-0.15, -0.1) is 0 Å². The van der Waals surface area contributed by atoms with Gasteiger partial charge in [0, 0.05) is 0 Å².